The van der Waals surface area contributed by atoms with E-state index < -0.39 is 22.0 Å². The lowest BCUT2D eigenvalue weighted by Gasteiger charge is -2.33. The minimum Gasteiger partial charge on any atom is -0.425 e. The van der Waals surface area contributed by atoms with Gasteiger partial charge in [-0.25, -0.2) is 13.2 Å². The van der Waals surface area contributed by atoms with Crippen molar-refractivity contribution in [3.8, 4) is 5.75 Å². The number of nitrogens with zero attached hydrogens (tertiary/aromatic N) is 1. The largest absolute Gasteiger partial charge is 0.425 e. The van der Waals surface area contributed by atoms with Crippen molar-refractivity contribution in [1.82, 2.24) is 4.31 Å². The number of sulfonamides is 1. The first-order chi connectivity index (χ1) is 13.3. The highest BCUT2D eigenvalue weighted by Gasteiger charge is 2.38. The van der Waals surface area contributed by atoms with E-state index in [1.165, 1.54) is 23.4 Å². The van der Waals surface area contributed by atoms with E-state index in [0.29, 0.717) is 18.4 Å². The van der Waals surface area contributed by atoms with E-state index in [4.69, 9.17) is 4.74 Å². The van der Waals surface area contributed by atoms with Crippen LogP contribution in [0.25, 0.3) is 0 Å². The molecule has 1 heterocycles. The van der Waals surface area contributed by atoms with E-state index in [0.717, 1.165) is 12.0 Å². The maximum Gasteiger partial charge on any atom is 0.329 e. The molecule has 6 nitrogen and oxygen atoms in total. The van der Waals surface area contributed by atoms with Crippen LogP contribution in [0.15, 0.2) is 53.4 Å². The molecule has 7 heteroatoms. The van der Waals surface area contributed by atoms with Gasteiger partial charge in [0, 0.05) is 12.1 Å². The van der Waals surface area contributed by atoms with E-state index in [-0.39, 0.29) is 23.0 Å². The normalized spacial score (nSPS) is 17.9. The lowest BCUT2D eigenvalue weighted by molar-refractivity contribution is -0.139. The predicted octanol–water partition coefficient (Wildman–Crippen LogP) is 3.35. The Morgan fingerprint density at radius 3 is 2.25 bits per heavy atom. The number of hydrogen-bond acceptors (Lipinski definition) is 5. The first kappa shape index (κ1) is 20.2. The fourth-order valence-electron chi connectivity index (χ4n) is 3.22. The van der Waals surface area contributed by atoms with Gasteiger partial charge in [-0.05, 0) is 69.5 Å². The molecule has 3 rings (SSSR count). The number of hydrogen-bond donors (Lipinski definition) is 0. The second-order valence-electron chi connectivity index (χ2n) is 6.94. The smallest absolute Gasteiger partial charge is 0.329 e. The number of carbonyl (C=O) groups excluding carboxylic acids is 2. The molecular weight excluding hydrogens is 378 g/mol. The van der Waals surface area contributed by atoms with Crippen molar-refractivity contribution in [2.45, 2.75) is 44.0 Å². The van der Waals surface area contributed by atoms with Crippen LogP contribution in [0.1, 0.15) is 42.1 Å². The zero-order valence-corrected chi connectivity index (χ0v) is 16.7. The Labute approximate surface area is 165 Å². The zero-order valence-electron chi connectivity index (χ0n) is 15.9. The number of benzene rings is 2. The number of esters is 1. The van der Waals surface area contributed by atoms with E-state index in [1.54, 1.807) is 36.4 Å². The van der Waals surface area contributed by atoms with Crippen molar-refractivity contribution < 1.29 is 22.7 Å². The average molecular weight is 401 g/mol. The second kappa shape index (κ2) is 8.24. The molecule has 0 aromatic heterocycles. The van der Waals surface area contributed by atoms with E-state index in [9.17, 15) is 18.0 Å². The van der Waals surface area contributed by atoms with Gasteiger partial charge in [0.15, 0.2) is 5.78 Å². The van der Waals surface area contributed by atoms with Gasteiger partial charge in [-0.3, -0.25) is 4.79 Å². The quantitative estimate of drug-likeness (QED) is 0.436. The third kappa shape index (κ3) is 4.31. The lowest BCUT2D eigenvalue weighted by atomic mass is 10.1. The number of aryl methyl sites for hydroxylation is 1. The SMILES string of the molecule is CC(=O)c1ccc(OC(=O)[C@@H]2CCCCN2S(=O)(=O)c2ccc(C)cc2)cc1. The summed E-state index contributed by atoms with van der Waals surface area (Å²) in [6.45, 7) is 3.62. The summed E-state index contributed by atoms with van der Waals surface area (Å²) in [6, 6.07) is 11.9. The van der Waals surface area contributed by atoms with Gasteiger partial charge >= 0.3 is 5.97 Å². The molecule has 148 valence electrons. The highest BCUT2D eigenvalue weighted by Crippen LogP contribution is 2.27. The summed E-state index contributed by atoms with van der Waals surface area (Å²) in [5.74, 6) is -0.403. The highest BCUT2D eigenvalue weighted by molar-refractivity contribution is 7.89. The molecule has 28 heavy (non-hydrogen) atoms. The lowest BCUT2D eigenvalue weighted by Crippen LogP contribution is -2.49. The van der Waals surface area contributed by atoms with Gasteiger partial charge in [0.05, 0.1) is 4.90 Å². The maximum absolute atomic E-state index is 13.1. The zero-order chi connectivity index (χ0) is 20.3. The number of rotatable bonds is 5. The summed E-state index contributed by atoms with van der Waals surface area (Å²) in [7, 11) is -3.80. The molecule has 1 saturated heterocycles. The molecule has 1 fully saturated rings. The fourth-order valence-corrected chi connectivity index (χ4v) is 4.86. The molecule has 0 N–H and O–H groups in total. The minimum atomic E-state index is -3.80. The van der Waals surface area contributed by atoms with Gasteiger partial charge in [0.1, 0.15) is 11.8 Å². The monoisotopic (exact) mass is 401 g/mol. The molecule has 1 aliphatic heterocycles. The molecule has 1 aliphatic rings. The first-order valence-corrected chi connectivity index (χ1v) is 10.6. The van der Waals surface area contributed by atoms with Gasteiger partial charge < -0.3 is 4.74 Å². The summed E-state index contributed by atoms with van der Waals surface area (Å²) in [5.41, 5.74) is 1.48. The van der Waals surface area contributed by atoms with E-state index in [1.807, 2.05) is 6.92 Å². The third-order valence-corrected chi connectivity index (χ3v) is 6.76. The van der Waals surface area contributed by atoms with Crippen molar-refractivity contribution in [1.29, 1.82) is 0 Å². The van der Waals surface area contributed by atoms with Crippen molar-refractivity contribution in [2.75, 3.05) is 6.54 Å². The Bertz CT molecular complexity index is 965. The molecule has 2 aromatic carbocycles. The van der Waals surface area contributed by atoms with Gasteiger partial charge in [0.25, 0.3) is 0 Å². The Morgan fingerprint density at radius 2 is 1.64 bits per heavy atom. The minimum absolute atomic E-state index is 0.0828. The fraction of sp³-hybridized carbons (Fsp3) is 0.333. The van der Waals surface area contributed by atoms with Crippen molar-refractivity contribution in [2.24, 2.45) is 0 Å². The molecule has 0 spiro atoms. The molecule has 0 radical (unpaired) electrons. The Balaban J connectivity index is 1.81. The van der Waals surface area contributed by atoms with Gasteiger partial charge in [-0.15, -0.1) is 0 Å². The molecule has 0 unspecified atom stereocenters. The molecule has 0 aliphatic carbocycles. The van der Waals surface area contributed by atoms with E-state index in [2.05, 4.69) is 0 Å². The highest BCUT2D eigenvalue weighted by atomic mass is 32.2. The Morgan fingerprint density at radius 1 is 1.00 bits per heavy atom. The summed E-state index contributed by atoms with van der Waals surface area (Å²) in [4.78, 5) is 24.3. The van der Waals surface area contributed by atoms with Crippen LogP contribution in [0, 0.1) is 6.92 Å². The maximum atomic E-state index is 13.1. The molecule has 1 atom stereocenters. The number of Topliss-reactive ketones (excluding diaryl/α,β-unsaturated/α-hetero) is 1. The summed E-state index contributed by atoms with van der Waals surface area (Å²) < 4.78 is 32.8. The summed E-state index contributed by atoms with van der Waals surface area (Å²) in [5, 5.41) is 0. The second-order valence-corrected chi connectivity index (χ2v) is 8.83. The van der Waals surface area contributed by atoms with Crippen molar-refractivity contribution in [3.05, 3.63) is 59.7 Å². The van der Waals surface area contributed by atoms with Crippen LogP contribution >= 0.6 is 0 Å². The standard InChI is InChI=1S/C21H23NO5S/c1-15-6-12-19(13-7-15)28(25,26)22-14-4-3-5-20(22)21(24)27-18-10-8-17(9-11-18)16(2)23/h6-13,20H,3-5,14H2,1-2H3/t20-/m0/s1. The van der Waals surface area contributed by atoms with Crippen molar-refractivity contribution in [3.63, 3.8) is 0 Å². The van der Waals surface area contributed by atoms with Crippen LogP contribution < -0.4 is 4.74 Å². The van der Waals surface area contributed by atoms with Crippen LogP contribution in [-0.2, 0) is 14.8 Å². The van der Waals surface area contributed by atoms with Gasteiger partial charge in [-0.2, -0.15) is 4.31 Å². The Hall–Kier alpha value is -2.51. The van der Waals surface area contributed by atoms with Crippen LogP contribution in [0.5, 0.6) is 5.75 Å². The number of ether oxygens (including phenoxy) is 1. The topological polar surface area (TPSA) is 80.8 Å². The van der Waals surface area contributed by atoms with Gasteiger partial charge in [-0.1, -0.05) is 17.7 Å². The molecule has 0 amide bonds. The van der Waals surface area contributed by atoms with Crippen LogP contribution in [-0.4, -0.2) is 37.1 Å². The third-order valence-electron chi connectivity index (χ3n) is 4.83. The predicted molar refractivity (Wildman–Crippen MR) is 105 cm³/mol. The number of piperidine rings is 1. The number of carbonyl (C=O) groups is 2. The van der Waals surface area contributed by atoms with Gasteiger partial charge in [0.2, 0.25) is 10.0 Å². The van der Waals surface area contributed by atoms with Crippen LogP contribution in [0.3, 0.4) is 0 Å². The molecular formula is C21H23NO5S. The van der Waals surface area contributed by atoms with Crippen LogP contribution in [0.2, 0.25) is 0 Å². The average Bonchev–Trinajstić information content (AvgIpc) is 2.68. The molecule has 0 saturated carbocycles. The molecule has 2 aromatic rings. The molecule has 0 bridgehead atoms. The van der Waals surface area contributed by atoms with Crippen molar-refractivity contribution >= 4 is 21.8 Å². The van der Waals surface area contributed by atoms with Crippen LogP contribution in [0.4, 0.5) is 0 Å². The number of ketones is 1. The summed E-state index contributed by atoms with van der Waals surface area (Å²) in [6.07, 6.45) is 1.86. The summed E-state index contributed by atoms with van der Waals surface area (Å²) >= 11 is 0. The Kier molecular flexibility index (Phi) is 5.96. The van der Waals surface area contributed by atoms with E-state index >= 15 is 0 Å². The first-order valence-electron chi connectivity index (χ1n) is 9.20.